The molecule has 1 heterocycles. The average molecular weight is 230 g/mol. The molecule has 0 fully saturated rings. The third-order valence-electron chi connectivity index (χ3n) is 1.61. The highest BCUT2D eigenvalue weighted by Crippen LogP contribution is 2.08. The normalized spacial score (nSPS) is 12.1. The first kappa shape index (κ1) is 11.5. The van der Waals surface area contributed by atoms with Gasteiger partial charge in [0.1, 0.15) is 11.6 Å². The number of aliphatic carboxylic acids is 1. The summed E-state index contributed by atoms with van der Waals surface area (Å²) in [7, 11) is 0. The summed E-state index contributed by atoms with van der Waals surface area (Å²) >= 11 is 1.19. The van der Waals surface area contributed by atoms with Gasteiger partial charge in [0.05, 0.1) is 0 Å². The fraction of sp³-hybridized carbons (Fsp3) is 0.429. The number of carbonyl (C=O) groups is 2. The van der Waals surface area contributed by atoms with Crippen LogP contribution in [0, 0.1) is 0 Å². The summed E-state index contributed by atoms with van der Waals surface area (Å²) in [6.07, 6.45) is 0.146. The van der Waals surface area contributed by atoms with Gasteiger partial charge < -0.3 is 16.2 Å². The summed E-state index contributed by atoms with van der Waals surface area (Å²) in [4.78, 5) is 21.6. The van der Waals surface area contributed by atoms with Gasteiger partial charge in [0, 0.05) is 6.42 Å². The molecule has 15 heavy (non-hydrogen) atoms. The molecule has 0 aromatic carbocycles. The number of nitrogens with two attached hydrogens (primary N) is 1. The van der Waals surface area contributed by atoms with E-state index in [-0.39, 0.29) is 18.7 Å². The molecule has 0 radical (unpaired) electrons. The smallest absolute Gasteiger partial charge is 0.320 e. The van der Waals surface area contributed by atoms with Gasteiger partial charge in [-0.25, -0.2) is 0 Å². The topological polar surface area (TPSA) is 118 Å². The molecule has 4 N–H and O–H groups in total. The second-order valence-corrected chi connectivity index (χ2v) is 3.61. The van der Waals surface area contributed by atoms with Crippen LogP contribution < -0.4 is 11.1 Å². The van der Waals surface area contributed by atoms with Gasteiger partial charge in [-0.05, 0) is 6.42 Å². The van der Waals surface area contributed by atoms with E-state index in [0.29, 0.717) is 5.13 Å². The molecular formula is C7H10N4O3S. The van der Waals surface area contributed by atoms with E-state index < -0.39 is 12.0 Å². The SMILES string of the molecule is N[C@@H](CCC(=O)Nc1nncs1)C(=O)O. The zero-order chi connectivity index (χ0) is 11.3. The van der Waals surface area contributed by atoms with Crippen molar-refractivity contribution >= 4 is 28.3 Å². The van der Waals surface area contributed by atoms with Gasteiger partial charge in [-0.15, -0.1) is 10.2 Å². The highest BCUT2D eigenvalue weighted by Gasteiger charge is 2.13. The molecule has 0 saturated heterocycles. The van der Waals surface area contributed by atoms with E-state index in [2.05, 4.69) is 15.5 Å². The number of hydrogen-bond acceptors (Lipinski definition) is 6. The fourth-order valence-corrected chi connectivity index (χ4v) is 1.28. The standard InChI is InChI=1S/C7H10N4O3S/c8-4(6(13)14)1-2-5(12)10-7-11-9-3-15-7/h3-4H,1-2,8H2,(H,13,14)(H,10,11,12)/t4-/m0/s1. The Kier molecular flexibility index (Phi) is 4.13. The molecule has 8 heteroatoms. The first-order valence-corrected chi connectivity index (χ1v) is 5.02. The lowest BCUT2D eigenvalue weighted by molar-refractivity contribution is -0.138. The van der Waals surface area contributed by atoms with Crippen LogP contribution in [0.15, 0.2) is 5.51 Å². The minimum absolute atomic E-state index is 0.0487. The summed E-state index contributed by atoms with van der Waals surface area (Å²) in [5, 5.41) is 18.5. The largest absolute Gasteiger partial charge is 0.480 e. The Morgan fingerprint density at radius 3 is 2.93 bits per heavy atom. The maximum absolute atomic E-state index is 11.2. The molecule has 1 amide bonds. The van der Waals surface area contributed by atoms with Gasteiger partial charge in [0.2, 0.25) is 11.0 Å². The number of nitrogens with one attached hydrogen (secondary N) is 1. The molecule has 82 valence electrons. The molecular weight excluding hydrogens is 220 g/mol. The maximum atomic E-state index is 11.2. The van der Waals surface area contributed by atoms with E-state index in [0.717, 1.165) is 0 Å². The minimum atomic E-state index is -1.11. The van der Waals surface area contributed by atoms with Gasteiger partial charge in [-0.3, -0.25) is 9.59 Å². The summed E-state index contributed by atoms with van der Waals surface area (Å²) in [5.41, 5.74) is 6.72. The van der Waals surface area contributed by atoms with Gasteiger partial charge in [0.25, 0.3) is 0 Å². The van der Waals surface area contributed by atoms with E-state index >= 15 is 0 Å². The van der Waals surface area contributed by atoms with Crippen LogP contribution in [0.25, 0.3) is 0 Å². The van der Waals surface area contributed by atoms with Crippen molar-refractivity contribution in [2.75, 3.05) is 5.32 Å². The highest BCUT2D eigenvalue weighted by atomic mass is 32.1. The van der Waals surface area contributed by atoms with Crippen molar-refractivity contribution in [1.82, 2.24) is 10.2 Å². The summed E-state index contributed by atoms with van der Waals surface area (Å²) < 4.78 is 0. The van der Waals surface area contributed by atoms with E-state index in [4.69, 9.17) is 10.8 Å². The number of anilines is 1. The van der Waals surface area contributed by atoms with Crippen molar-refractivity contribution in [3.05, 3.63) is 5.51 Å². The van der Waals surface area contributed by atoms with Crippen LogP contribution in [0.4, 0.5) is 5.13 Å². The predicted octanol–water partition coefficient (Wildman–Crippen LogP) is -0.331. The van der Waals surface area contributed by atoms with Crippen molar-refractivity contribution in [2.24, 2.45) is 5.73 Å². The highest BCUT2D eigenvalue weighted by molar-refractivity contribution is 7.13. The molecule has 1 rings (SSSR count). The monoisotopic (exact) mass is 230 g/mol. The first-order valence-electron chi connectivity index (χ1n) is 4.14. The molecule has 0 aliphatic heterocycles. The quantitative estimate of drug-likeness (QED) is 0.637. The van der Waals surface area contributed by atoms with E-state index in [1.807, 2.05) is 0 Å². The number of amides is 1. The number of hydrogen-bond donors (Lipinski definition) is 3. The lowest BCUT2D eigenvalue weighted by Crippen LogP contribution is -2.31. The minimum Gasteiger partial charge on any atom is -0.480 e. The third kappa shape index (κ3) is 4.00. The van der Waals surface area contributed by atoms with Crippen LogP contribution in [0.1, 0.15) is 12.8 Å². The van der Waals surface area contributed by atoms with E-state index in [1.54, 1.807) is 0 Å². The summed E-state index contributed by atoms with van der Waals surface area (Å²) in [6, 6.07) is -1.01. The van der Waals surface area contributed by atoms with Gasteiger partial charge in [-0.2, -0.15) is 0 Å². The third-order valence-corrected chi connectivity index (χ3v) is 2.21. The number of carbonyl (C=O) groups excluding carboxylic acids is 1. The van der Waals surface area contributed by atoms with Crippen molar-refractivity contribution in [3.8, 4) is 0 Å². The molecule has 0 aliphatic carbocycles. The Balaban J connectivity index is 2.28. The van der Waals surface area contributed by atoms with Crippen LogP contribution in [-0.2, 0) is 9.59 Å². The zero-order valence-electron chi connectivity index (χ0n) is 7.71. The molecule has 0 unspecified atom stereocenters. The van der Waals surface area contributed by atoms with Crippen molar-refractivity contribution in [3.63, 3.8) is 0 Å². The maximum Gasteiger partial charge on any atom is 0.320 e. The Morgan fingerprint density at radius 2 is 2.40 bits per heavy atom. The van der Waals surface area contributed by atoms with Crippen LogP contribution in [-0.4, -0.2) is 33.2 Å². The Labute approximate surface area is 89.3 Å². The molecule has 7 nitrogen and oxygen atoms in total. The number of aromatic nitrogens is 2. The zero-order valence-corrected chi connectivity index (χ0v) is 8.53. The Bertz CT molecular complexity index is 340. The van der Waals surface area contributed by atoms with Gasteiger partial charge in [-0.1, -0.05) is 11.3 Å². The second kappa shape index (κ2) is 5.37. The lowest BCUT2D eigenvalue weighted by atomic mass is 10.1. The number of rotatable bonds is 5. The molecule has 1 aromatic rings. The predicted molar refractivity (Wildman–Crippen MR) is 53.4 cm³/mol. The summed E-state index contributed by atoms with van der Waals surface area (Å²) in [5.74, 6) is -1.43. The average Bonchev–Trinajstić information content (AvgIpc) is 2.66. The number of carboxylic acid groups (broad SMARTS) is 1. The molecule has 0 spiro atoms. The van der Waals surface area contributed by atoms with E-state index in [1.165, 1.54) is 16.8 Å². The Morgan fingerprint density at radius 1 is 1.67 bits per heavy atom. The molecule has 0 bridgehead atoms. The Hall–Kier alpha value is -1.54. The molecule has 0 aliphatic rings. The molecule has 0 saturated carbocycles. The second-order valence-electron chi connectivity index (χ2n) is 2.78. The first-order chi connectivity index (χ1) is 7.09. The van der Waals surface area contributed by atoms with Crippen LogP contribution in [0.2, 0.25) is 0 Å². The summed E-state index contributed by atoms with van der Waals surface area (Å²) in [6.45, 7) is 0. The molecule has 1 aromatic heterocycles. The van der Waals surface area contributed by atoms with Crippen LogP contribution >= 0.6 is 11.3 Å². The molecule has 1 atom stereocenters. The lowest BCUT2D eigenvalue weighted by Gasteiger charge is -2.04. The number of nitrogens with zero attached hydrogens (tertiary/aromatic N) is 2. The van der Waals surface area contributed by atoms with Crippen LogP contribution in [0.5, 0.6) is 0 Å². The van der Waals surface area contributed by atoms with Gasteiger partial charge in [0.15, 0.2) is 0 Å². The van der Waals surface area contributed by atoms with Crippen molar-refractivity contribution in [2.45, 2.75) is 18.9 Å². The van der Waals surface area contributed by atoms with Crippen molar-refractivity contribution in [1.29, 1.82) is 0 Å². The van der Waals surface area contributed by atoms with Crippen molar-refractivity contribution < 1.29 is 14.7 Å². The van der Waals surface area contributed by atoms with Crippen LogP contribution in [0.3, 0.4) is 0 Å². The fourth-order valence-electron chi connectivity index (χ4n) is 0.819. The van der Waals surface area contributed by atoms with E-state index in [9.17, 15) is 9.59 Å². The number of carboxylic acids is 1. The van der Waals surface area contributed by atoms with Gasteiger partial charge >= 0.3 is 5.97 Å².